The largest absolute Gasteiger partial charge is 0.493 e. The molecule has 4 aromatic rings. The molecule has 0 fully saturated rings. The van der Waals surface area contributed by atoms with Gasteiger partial charge in [0.05, 0.1) is 40.0 Å². The van der Waals surface area contributed by atoms with Gasteiger partial charge in [-0.25, -0.2) is 5.43 Å². The minimum absolute atomic E-state index is 0.144. The molecule has 38 heavy (non-hydrogen) atoms. The first-order valence-electron chi connectivity index (χ1n) is 11.1. The van der Waals surface area contributed by atoms with Gasteiger partial charge < -0.3 is 14.0 Å². The summed E-state index contributed by atoms with van der Waals surface area (Å²) in [4.78, 5) is 33.8. The number of hydrogen-bond donors (Lipinski definition) is 1. The van der Waals surface area contributed by atoms with Crippen LogP contribution in [-0.4, -0.2) is 33.1 Å². The van der Waals surface area contributed by atoms with Crippen LogP contribution in [0.3, 0.4) is 0 Å². The third kappa shape index (κ3) is 5.49. The highest BCUT2D eigenvalue weighted by Gasteiger charge is 2.22. The van der Waals surface area contributed by atoms with E-state index in [0.717, 1.165) is 18.2 Å². The maximum absolute atomic E-state index is 12.9. The monoisotopic (exact) mass is 515 g/mol. The van der Waals surface area contributed by atoms with Gasteiger partial charge in [0.2, 0.25) is 5.75 Å². The van der Waals surface area contributed by atoms with Gasteiger partial charge in [0, 0.05) is 24.0 Å². The second-order valence-electron chi connectivity index (χ2n) is 7.88. The number of nitrogens with zero attached hydrogens (tertiary/aromatic N) is 4. The van der Waals surface area contributed by atoms with Crippen molar-refractivity contribution < 1.29 is 24.1 Å². The fraction of sp³-hybridized carbons (Fsp3) is 0.0769. The number of hydrazone groups is 1. The Hall–Kier alpha value is -5.52. The number of carbonyl (C=O) groups is 1. The highest BCUT2D eigenvalue weighted by Crippen LogP contribution is 2.38. The quantitative estimate of drug-likeness (QED) is 0.182. The van der Waals surface area contributed by atoms with Gasteiger partial charge in [-0.05, 0) is 55.5 Å². The van der Waals surface area contributed by atoms with Crippen molar-refractivity contribution in [1.29, 1.82) is 0 Å². The third-order valence-corrected chi connectivity index (χ3v) is 5.51. The number of non-ortho nitro benzene ring substituents is 1. The molecule has 0 radical (unpaired) electrons. The lowest BCUT2D eigenvalue weighted by Crippen LogP contribution is -2.21. The lowest BCUT2D eigenvalue weighted by molar-refractivity contribution is -0.394. The van der Waals surface area contributed by atoms with Crippen molar-refractivity contribution in [1.82, 2.24) is 9.99 Å². The number of nitrogens with one attached hydrogen (secondary N) is 1. The number of hydrogen-bond acceptors (Lipinski definition) is 8. The van der Waals surface area contributed by atoms with Crippen molar-refractivity contribution in [2.24, 2.45) is 5.10 Å². The zero-order valence-electron chi connectivity index (χ0n) is 20.2. The Bertz CT molecular complexity index is 1550. The molecule has 0 saturated carbocycles. The predicted octanol–water partition coefficient (Wildman–Crippen LogP) is 5.25. The highest BCUT2D eigenvalue weighted by molar-refractivity contribution is 6.02. The first-order valence-corrected chi connectivity index (χ1v) is 11.1. The molecule has 12 heteroatoms. The smallest absolute Gasteiger partial charge is 0.318 e. The lowest BCUT2D eigenvalue weighted by atomic mass is 10.1. The maximum Gasteiger partial charge on any atom is 0.318 e. The summed E-state index contributed by atoms with van der Waals surface area (Å²) >= 11 is 0. The number of rotatable bonds is 9. The van der Waals surface area contributed by atoms with Crippen LogP contribution < -0.4 is 14.9 Å². The van der Waals surface area contributed by atoms with Gasteiger partial charge in [-0.15, -0.1) is 0 Å². The topological polar surface area (TPSA) is 151 Å². The Morgan fingerprint density at radius 3 is 2.29 bits per heavy atom. The van der Waals surface area contributed by atoms with E-state index in [0.29, 0.717) is 22.5 Å². The van der Waals surface area contributed by atoms with E-state index in [9.17, 15) is 25.0 Å². The first kappa shape index (κ1) is 25.6. The van der Waals surface area contributed by atoms with Crippen LogP contribution in [0.25, 0.3) is 5.69 Å². The standard InChI is InChI=1S/C26H21N5O7/c1-17(27-28-26(32)20-7-3-4-8-21(20)29-13-5-6-14-29)18-9-11-24(25(15-18)37-2)38-23-12-10-19(30(33)34)16-22(23)31(35)36/h3-16H,1-2H3,(H,28,32)/b27-17+. The van der Waals surface area contributed by atoms with Crippen molar-refractivity contribution in [3.8, 4) is 22.9 Å². The number of para-hydroxylation sites is 1. The zero-order valence-corrected chi connectivity index (χ0v) is 20.2. The van der Waals surface area contributed by atoms with E-state index in [4.69, 9.17) is 9.47 Å². The summed E-state index contributed by atoms with van der Waals surface area (Å²) in [6, 6.07) is 18.7. The van der Waals surface area contributed by atoms with Crippen LogP contribution in [-0.2, 0) is 0 Å². The molecule has 0 aliphatic rings. The van der Waals surface area contributed by atoms with Crippen LogP contribution in [0.4, 0.5) is 11.4 Å². The number of nitro benzene ring substituents is 2. The van der Waals surface area contributed by atoms with Crippen LogP contribution in [0.2, 0.25) is 0 Å². The maximum atomic E-state index is 12.9. The molecule has 0 atom stereocenters. The van der Waals surface area contributed by atoms with E-state index in [1.54, 1.807) is 31.2 Å². The molecule has 12 nitrogen and oxygen atoms in total. The summed E-state index contributed by atoms with van der Waals surface area (Å²) in [5.41, 5.74) is 3.75. The van der Waals surface area contributed by atoms with Crippen LogP contribution in [0.15, 0.2) is 90.3 Å². The predicted molar refractivity (Wildman–Crippen MR) is 138 cm³/mol. The van der Waals surface area contributed by atoms with Crippen molar-refractivity contribution in [2.45, 2.75) is 6.92 Å². The molecule has 0 bridgehead atoms. The Morgan fingerprint density at radius 2 is 1.61 bits per heavy atom. The van der Waals surface area contributed by atoms with Crippen LogP contribution in [0, 0.1) is 20.2 Å². The van der Waals surface area contributed by atoms with Gasteiger partial charge in [-0.3, -0.25) is 25.0 Å². The van der Waals surface area contributed by atoms with Crippen LogP contribution in [0.1, 0.15) is 22.8 Å². The summed E-state index contributed by atoms with van der Waals surface area (Å²) in [5, 5.41) is 26.6. The average Bonchev–Trinajstić information content (AvgIpc) is 3.46. The molecule has 0 unspecified atom stereocenters. The number of carbonyl (C=O) groups excluding carboxylic acids is 1. The molecule has 1 N–H and O–H groups in total. The molecule has 3 aromatic carbocycles. The molecular weight excluding hydrogens is 494 g/mol. The summed E-state index contributed by atoms with van der Waals surface area (Å²) in [6.07, 6.45) is 3.67. The number of benzene rings is 3. The highest BCUT2D eigenvalue weighted by atomic mass is 16.6. The molecule has 0 aliphatic heterocycles. The number of methoxy groups -OCH3 is 1. The van der Waals surface area contributed by atoms with Crippen molar-refractivity contribution in [3.63, 3.8) is 0 Å². The third-order valence-electron chi connectivity index (χ3n) is 5.51. The molecule has 0 spiro atoms. The Kier molecular flexibility index (Phi) is 7.43. The fourth-order valence-corrected chi connectivity index (χ4v) is 3.59. The first-order chi connectivity index (χ1) is 18.3. The lowest BCUT2D eigenvalue weighted by Gasteiger charge is -2.12. The van der Waals surface area contributed by atoms with E-state index < -0.39 is 27.1 Å². The zero-order chi connectivity index (χ0) is 27.2. The van der Waals surface area contributed by atoms with Gasteiger partial charge >= 0.3 is 5.69 Å². The summed E-state index contributed by atoms with van der Waals surface area (Å²) in [6.45, 7) is 1.69. The van der Waals surface area contributed by atoms with Crippen LogP contribution in [0.5, 0.6) is 17.2 Å². The van der Waals surface area contributed by atoms with Gasteiger partial charge in [0.1, 0.15) is 0 Å². The Balaban J connectivity index is 1.55. The summed E-state index contributed by atoms with van der Waals surface area (Å²) < 4.78 is 12.9. The molecule has 0 saturated heterocycles. The Morgan fingerprint density at radius 1 is 0.895 bits per heavy atom. The normalized spacial score (nSPS) is 11.1. The average molecular weight is 515 g/mol. The second-order valence-corrected chi connectivity index (χ2v) is 7.88. The molecule has 1 amide bonds. The van der Waals surface area contributed by atoms with Gasteiger partial charge in [-0.1, -0.05) is 12.1 Å². The molecule has 4 rings (SSSR count). The van der Waals surface area contributed by atoms with Gasteiger partial charge in [0.25, 0.3) is 11.6 Å². The van der Waals surface area contributed by atoms with E-state index in [1.165, 1.54) is 13.2 Å². The number of aromatic nitrogens is 1. The minimum Gasteiger partial charge on any atom is -0.493 e. The van der Waals surface area contributed by atoms with Gasteiger partial charge in [0.15, 0.2) is 11.5 Å². The van der Waals surface area contributed by atoms with E-state index in [-0.39, 0.29) is 17.2 Å². The summed E-state index contributed by atoms with van der Waals surface area (Å²) in [7, 11) is 1.39. The van der Waals surface area contributed by atoms with Gasteiger partial charge in [-0.2, -0.15) is 5.10 Å². The molecule has 1 heterocycles. The second kappa shape index (κ2) is 11.0. The van der Waals surface area contributed by atoms with E-state index >= 15 is 0 Å². The van der Waals surface area contributed by atoms with Crippen molar-refractivity contribution in [2.75, 3.05) is 7.11 Å². The van der Waals surface area contributed by atoms with Crippen molar-refractivity contribution in [3.05, 3.63) is 117 Å². The molecular formula is C26H21N5O7. The number of amides is 1. The van der Waals surface area contributed by atoms with Crippen LogP contribution >= 0.6 is 0 Å². The molecule has 1 aromatic heterocycles. The summed E-state index contributed by atoms with van der Waals surface area (Å²) in [5.74, 6) is -0.212. The molecule has 0 aliphatic carbocycles. The van der Waals surface area contributed by atoms with Crippen molar-refractivity contribution >= 4 is 23.0 Å². The Labute approximate surface area is 216 Å². The van der Waals surface area contributed by atoms with E-state index in [1.807, 2.05) is 41.2 Å². The van der Waals surface area contributed by atoms with E-state index in [2.05, 4.69) is 10.5 Å². The number of nitro groups is 2. The minimum atomic E-state index is -0.767. The fourth-order valence-electron chi connectivity index (χ4n) is 3.59. The number of ether oxygens (including phenoxy) is 2. The SMILES string of the molecule is COc1cc(/C(C)=N/NC(=O)c2ccccc2-n2cccc2)ccc1Oc1ccc([N+](=O)[O-])cc1[N+](=O)[O-]. The molecule has 192 valence electrons.